The summed E-state index contributed by atoms with van der Waals surface area (Å²) in [7, 11) is 0. The van der Waals surface area contributed by atoms with E-state index in [1.54, 1.807) is 17.7 Å². The maximum absolute atomic E-state index is 12.5. The Morgan fingerprint density at radius 1 is 1.27 bits per heavy atom. The number of aromatic nitrogens is 2. The summed E-state index contributed by atoms with van der Waals surface area (Å²) in [5.41, 5.74) is 1.42. The van der Waals surface area contributed by atoms with E-state index in [-0.39, 0.29) is 17.3 Å². The third-order valence-corrected chi connectivity index (χ3v) is 7.75. The van der Waals surface area contributed by atoms with Crippen LogP contribution in [-0.4, -0.2) is 27.3 Å². The van der Waals surface area contributed by atoms with Crippen molar-refractivity contribution in [2.45, 2.75) is 81.6 Å². The molecule has 0 saturated heterocycles. The molecule has 1 saturated carbocycles. The number of thioether (sulfide) groups is 1. The summed E-state index contributed by atoms with van der Waals surface area (Å²) in [6, 6.07) is 0. The van der Waals surface area contributed by atoms with E-state index in [0.717, 1.165) is 41.5 Å². The van der Waals surface area contributed by atoms with Gasteiger partial charge < -0.3 is 4.74 Å². The maximum Gasteiger partial charge on any atom is 0.319 e. The van der Waals surface area contributed by atoms with Crippen LogP contribution in [0.15, 0.2) is 11.4 Å². The number of nitrogens with zero attached hydrogens (tertiary/aromatic N) is 2. The molecule has 140 valence electrons. The van der Waals surface area contributed by atoms with Crippen molar-refractivity contribution in [2.75, 3.05) is 0 Å². The van der Waals surface area contributed by atoms with E-state index in [0.29, 0.717) is 0 Å². The van der Waals surface area contributed by atoms with Gasteiger partial charge in [-0.05, 0) is 63.4 Å². The minimum absolute atomic E-state index is 0.105. The van der Waals surface area contributed by atoms with Crippen LogP contribution in [0.25, 0.3) is 10.2 Å². The molecule has 4 rings (SSSR count). The number of fused-ring (bicyclic) bond motifs is 3. The zero-order chi connectivity index (χ0) is 18.1. The molecule has 0 unspecified atom stereocenters. The predicted octanol–water partition coefficient (Wildman–Crippen LogP) is 5.17. The van der Waals surface area contributed by atoms with Crippen LogP contribution in [-0.2, 0) is 22.4 Å². The fourth-order valence-electron chi connectivity index (χ4n) is 3.99. The van der Waals surface area contributed by atoms with Gasteiger partial charge in [0.15, 0.2) is 0 Å². The van der Waals surface area contributed by atoms with Gasteiger partial charge in [0.2, 0.25) is 0 Å². The molecule has 2 aliphatic carbocycles. The van der Waals surface area contributed by atoms with Crippen molar-refractivity contribution in [3.63, 3.8) is 0 Å². The number of esters is 1. The number of thiophene rings is 1. The topological polar surface area (TPSA) is 52.1 Å². The lowest BCUT2D eigenvalue weighted by Gasteiger charge is -2.23. The minimum atomic E-state index is -0.243. The summed E-state index contributed by atoms with van der Waals surface area (Å²) >= 11 is 3.33. The highest BCUT2D eigenvalue weighted by Crippen LogP contribution is 2.41. The van der Waals surface area contributed by atoms with Crippen molar-refractivity contribution in [1.82, 2.24) is 9.97 Å². The lowest BCUT2D eigenvalue weighted by molar-refractivity contribution is -0.149. The molecule has 2 aromatic rings. The van der Waals surface area contributed by atoms with Gasteiger partial charge in [0.25, 0.3) is 0 Å². The first-order valence-corrected chi connectivity index (χ1v) is 11.4. The number of carbonyl (C=O) groups excluding carboxylic acids is 1. The molecule has 0 radical (unpaired) electrons. The van der Waals surface area contributed by atoms with Crippen LogP contribution < -0.4 is 0 Å². The summed E-state index contributed by atoms with van der Waals surface area (Å²) in [5, 5.41) is 1.88. The van der Waals surface area contributed by atoms with Gasteiger partial charge in [0.05, 0.1) is 0 Å². The molecule has 2 atom stereocenters. The maximum atomic E-state index is 12.5. The average molecular weight is 391 g/mol. The van der Waals surface area contributed by atoms with E-state index < -0.39 is 0 Å². The number of ether oxygens (including phenoxy) is 1. The van der Waals surface area contributed by atoms with Crippen LogP contribution >= 0.6 is 23.1 Å². The molecule has 2 heterocycles. The molecule has 0 N–H and O–H groups in total. The molecule has 0 bridgehead atoms. The van der Waals surface area contributed by atoms with Crippen LogP contribution in [0, 0.1) is 5.92 Å². The lowest BCUT2D eigenvalue weighted by Crippen LogP contribution is -2.26. The van der Waals surface area contributed by atoms with Crippen molar-refractivity contribution in [3.05, 3.63) is 16.8 Å². The van der Waals surface area contributed by atoms with E-state index in [9.17, 15) is 4.79 Å². The molecule has 26 heavy (non-hydrogen) atoms. The molecule has 0 spiro atoms. The van der Waals surface area contributed by atoms with Crippen LogP contribution in [0.4, 0.5) is 0 Å². The van der Waals surface area contributed by atoms with Crippen LogP contribution in [0.2, 0.25) is 0 Å². The fraction of sp³-hybridized carbons (Fsp3) is 0.650. The SMILES string of the molecule is C[C@@H]1CCc2c(sc3ncnc(S[C@H](C)C(=O)OC4CCCCC4)c23)C1. The minimum Gasteiger partial charge on any atom is -0.462 e. The summed E-state index contributed by atoms with van der Waals surface area (Å²) in [5.74, 6) is 0.635. The van der Waals surface area contributed by atoms with Crippen molar-refractivity contribution in [3.8, 4) is 0 Å². The number of rotatable bonds is 4. The molecule has 2 aromatic heterocycles. The first-order valence-electron chi connectivity index (χ1n) is 9.74. The summed E-state index contributed by atoms with van der Waals surface area (Å²) in [6.07, 6.45) is 10.8. The quantitative estimate of drug-likeness (QED) is 0.409. The standard InChI is InChI=1S/C20H26N2O2S2/c1-12-8-9-15-16(10-12)26-19-17(15)18(21-11-22-19)25-13(2)20(23)24-14-6-4-3-5-7-14/h11-14H,3-10H2,1-2H3/t12-,13-/m1/s1. The van der Waals surface area contributed by atoms with Gasteiger partial charge >= 0.3 is 5.97 Å². The summed E-state index contributed by atoms with van der Waals surface area (Å²) < 4.78 is 5.74. The van der Waals surface area contributed by atoms with Crippen LogP contribution in [0.5, 0.6) is 0 Å². The Morgan fingerprint density at radius 2 is 2.08 bits per heavy atom. The first kappa shape index (κ1) is 18.2. The zero-order valence-corrected chi connectivity index (χ0v) is 17.1. The Balaban J connectivity index is 1.52. The molecular weight excluding hydrogens is 364 g/mol. The van der Waals surface area contributed by atoms with Crippen molar-refractivity contribution >= 4 is 39.3 Å². The zero-order valence-electron chi connectivity index (χ0n) is 15.5. The highest BCUT2D eigenvalue weighted by Gasteiger charge is 2.27. The normalized spacial score (nSPS) is 22.2. The Bertz CT molecular complexity index is 798. The second-order valence-corrected chi connectivity index (χ2v) is 10.1. The third kappa shape index (κ3) is 3.77. The molecule has 4 nitrogen and oxygen atoms in total. The number of aryl methyl sites for hydroxylation is 1. The lowest BCUT2D eigenvalue weighted by atomic mass is 9.89. The number of hydrogen-bond acceptors (Lipinski definition) is 6. The van der Waals surface area contributed by atoms with Crippen molar-refractivity contribution < 1.29 is 9.53 Å². The predicted molar refractivity (Wildman–Crippen MR) is 107 cm³/mol. The summed E-state index contributed by atoms with van der Waals surface area (Å²) in [4.78, 5) is 24.1. The second-order valence-electron chi connectivity index (χ2n) is 7.67. The Morgan fingerprint density at radius 3 is 2.88 bits per heavy atom. The molecule has 2 aliphatic rings. The molecular formula is C20H26N2O2S2. The van der Waals surface area contributed by atoms with Gasteiger partial charge in [0.1, 0.15) is 27.5 Å². The van der Waals surface area contributed by atoms with E-state index in [1.165, 1.54) is 53.3 Å². The molecule has 1 fully saturated rings. The number of carbonyl (C=O) groups is 1. The molecule has 6 heteroatoms. The summed E-state index contributed by atoms with van der Waals surface area (Å²) in [6.45, 7) is 4.25. The first-order chi connectivity index (χ1) is 12.6. The largest absolute Gasteiger partial charge is 0.462 e. The molecule has 0 aliphatic heterocycles. The molecule has 0 aromatic carbocycles. The Kier molecular flexibility index (Phi) is 5.50. The monoisotopic (exact) mass is 390 g/mol. The van der Waals surface area contributed by atoms with E-state index in [2.05, 4.69) is 16.9 Å². The molecule has 0 amide bonds. The average Bonchev–Trinajstić information content (AvgIpc) is 3.00. The van der Waals surface area contributed by atoms with Gasteiger partial charge in [-0.15, -0.1) is 11.3 Å². The van der Waals surface area contributed by atoms with Crippen LogP contribution in [0.1, 0.15) is 62.8 Å². The van der Waals surface area contributed by atoms with E-state index in [4.69, 9.17) is 4.74 Å². The van der Waals surface area contributed by atoms with E-state index >= 15 is 0 Å². The third-order valence-electron chi connectivity index (χ3n) is 5.51. The van der Waals surface area contributed by atoms with Gasteiger partial charge in [-0.25, -0.2) is 9.97 Å². The Hall–Kier alpha value is -1.14. The van der Waals surface area contributed by atoms with Gasteiger partial charge in [-0.3, -0.25) is 4.79 Å². The van der Waals surface area contributed by atoms with Gasteiger partial charge in [0, 0.05) is 10.3 Å². The van der Waals surface area contributed by atoms with E-state index in [1.807, 2.05) is 6.92 Å². The Labute approximate surface area is 163 Å². The van der Waals surface area contributed by atoms with Crippen LogP contribution in [0.3, 0.4) is 0 Å². The van der Waals surface area contributed by atoms with Crippen molar-refractivity contribution in [1.29, 1.82) is 0 Å². The highest BCUT2D eigenvalue weighted by molar-refractivity contribution is 8.00. The van der Waals surface area contributed by atoms with Gasteiger partial charge in [-0.2, -0.15) is 0 Å². The smallest absolute Gasteiger partial charge is 0.319 e. The second kappa shape index (κ2) is 7.85. The fourth-order valence-corrected chi connectivity index (χ4v) is 6.34. The van der Waals surface area contributed by atoms with Crippen molar-refractivity contribution in [2.24, 2.45) is 5.92 Å². The number of hydrogen-bond donors (Lipinski definition) is 0. The highest BCUT2D eigenvalue weighted by atomic mass is 32.2. The van der Waals surface area contributed by atoms with Gasteiger partial charge in [-0.1, -0.05) is 25.1 Å².